The van der Waals surface area contributed by atoms with E-state index in [1.165, 1.54) is 127 Å². The van der Waals surface area contributed by atoms with Crippen molar-refractivity contribution in [1.29, 1.82) is 0 Å². The average Bonchev–Trinajstić information content (AvgIpc) is 1.66. The zero-order valence-electron chi connectivity index (χ0n) is 69.7. The van der Waals surface area contributed by atoms with Gasteiger partial charge in [-0.15, -0.1) is 0 Å². The van der Waals surface area contributed by atoms with Gasteiger partial charge in [0, 0.05) is 32.3 Å². The number of fused-ring (bicyclic) bond motifs is 17. The minimum atomic E-state index is -0.414. The number of halogens is 1. The summed E-state index contributed by atoms with van der Waals surface area (Å²) in [6, 6.07) is 137. The fraction of sp³-hybridized carbons (Fsp3) is 0. The molecule has 0 amide bonds. The highest BCUT2D eigenvalue weighted by Gasteiger charge is 2.25. The first-order valence-electron chi connectivity index (χ1n) is 43.0. The van der Waals surface area contributed by atoms with E-state index in [1.54, 1.807) is 6.07 Å². The molecule has 0 saturated heterocycles. The summed E-state index contributed by atoms with van der Waals surface area (Å²) in [5.74, 6) is -0.293. The number of hydrogen-bond donors (Lipinski definition) is 0. The van der Waals surface area contributed by atoms with Gasteiger partial charge in [0.05, 0.1) is 6.85 Å². The molecular weight excluding hydrogens is 1460 g/mol. The van der Waals surface area contributed by atoms with E-state index in [9.17, 15) is 4.39 Å². The Balaban J connectivity index is 0.000000109. The van der Waals surface area contributed by atoms with Gasteiger partial charge in [-0.05, 0) is 254 Å². The lowest BCUT2D eigenvalue weighted by Gasteiger charge is -2.18. The molecule has 3 aromatic heterocycles. The van der Waals surface area contributed by atoms with Gasteiger partial charge >= 0.3 is 0 Å². The van der Waals surface area contributed by atoms with Crippen LogP contribution in [0.2, 0.25) is 0 Å². The van der Waals surface area contributed by atoms with E-state index in [2.05, 4.69) is 285 Å². The first-order valence-corrected chi connectivity index (χ1v) is 40.5. The monoisotopic (exact) mass is 1540 g/mol. The Kier molecular flexibility index (Phi) is 15.5. The number of rotatable bonds is 8. The predicted octanol–water partition coefficient (Wildman–Crippen LogP) is 33.5. The molecule has 3 nitrogen and oxygen atoms in total. The molecule has 22 aromatic carbocycles. The summed E-state index contributed by atoms with van der Waals surface area (Å²) >= 11 is 0. The number of benzene rings is 22. The fourth-order valence-electron chi connectivity index (χ4n) is 18.8. The Morgan fingerprint density at radius 3 is 1.09 bits per heavy atom. The minimum Gasteiger partial charge on any atom is -0.456 e. The first-order chi connectivity index (χ1) is 61.5. The average molecular weight is 1540 g/mol. The summed E-state index contributed by atoms with van der Waals surface area (Å²) in [6.45, 7) is 0. The van der Waals surface area contributed by atoms with Gasteiger partial charge in [0.15, 0.2) is 0 Å². The maximum Gasteiger partial charge on any atom is 0.136 e. The second-order valence-electron chi connectivity index (χ2n) is 30.8. The second-order valence-corrected chi connectivity index (χ2v) is 30.8. The third-order valence-corrected chi connectivity index (χ3v) is 24.1. The molecule has 0 aliphatic carbocycles. The molecule has 4 heteroatoms. The van der Waals surface area contributed by atoms with Crippen LogP contribution in [0.25, 0.3) is 241 Å². The van der Waals surface area contributed by atoms with Crippen LogP contribution in [0, 0.1) is 5.82 Å². The van der Waals surface area contributed by atoms with Gasteiger partial charge in [-0.2, -0.15) is 0 Å². The number of para-hydroxylation sites is 1. The topological polar surface area (TPSA) is 39.4 Å². The van der Waals surface area contributed by atoms with Crippen molar-refractivity contribution in [3.63, 3.8) is 0 Å². The SMILES string of the molecule is [2H]c1c([2H])c([2H])c(-c2c3ccccc3c(-c3ccc4oc5cc(-c6cccc(F)c6)ccc5c4c3)c3ccccc23)c([2H])c1[2H].c1ccc(-c2c3ccccc3c(-c3cccc4oc5cc(-c6ccc7ccccc7c6)ccc5c34)c3ccccc23)cc1.c1ccc2c(-c3c4ccccc4c(-c4ccc5oc6ccccc6c5c4)c4ccccc34)cccc2c1. The molecule has 0 bridgehead atoms. The smallest absolute Gasteiger partial charge is 0.136 e. The molecule has 0 fully saturated rings. The number of furan rings is 3. The van der Waals surface area contributed by atoms with E-state index in [0.29, 0.717) is 11.1 Å². The van der Waals surface area contributed by atoms with Gasteiger partial charge in [-0.3, -0.25) is 0 Å². The van der Waals surface area contributed by atoms with Crippen molar-refractivity contribution in [3.8, 4) is 89.0 Å². The molecule has 120 heavy (non-hydrogen) atoms. The van der Waals surface area contributed by atoms with Gasteiger partial charge in [0.2, 0.25) is 0 Å². The zero-order valence-corrected chi connectivity index (χ0v) is 64.7. The lowest BCUT2D eigenvalue weighted by atomic mass is 9.84. The Morgan fingerprint density at radius 2 is 0.525 bits per heavy atom. The maximum atomic E-state index is 13.9. The van der Waals surface area contributed by atoms with Crippen LogP contribution < -0.4 is 0 Å². The highest BCUT2D eigenvalue weighted by molar-refractivity contribution is 6.28. The highest BCUT2D eigenvalue weighted by Crippen LogP contribution is 2.51. The van der Waals surface area contributed by atoms with E-state index in [1.807, 2.05) is 97.1 Å². The minimum absolute atomic E-state index is 0.185. The molecule has 560 valence electrons. The van der Waals surface area contributed by atoms with Crippen molar-refractivity contribution >= 4 is 152 Å². The van der Waals surface area contributed by atoms with Crippen LogP contribution in [0.1, 0.15) is 6.85 Å². The first kappa shape index (κ1) is 64.5. The third-order valence-electron chi connectivity index (χ3n) is 24.1. The van der Waals surface area contributed by atoms with Crippen molar-refractivity contribution in [1.82, 2.24) is 0 Å². The van der Waals surface area contributed by atoms with Gasteiger partial charge in [-0.1, -0.05) is 352 Å². The third kappa shape index (κ3) is 11.8. The maximum absolute atomic E-state index is 13.9. The van der Waals surface area contributed by atoms with E-state index in [0.717, 1.165) is 110 Å². The molecule has 0 saturated carbocycles. The van der Waals surface area contributed by atoms with E-state index in [-0.39, 0.29) is 35.6 Å². The van der Waals surface area contributed by atoms with Gasteiger partial charge in [-0.25, -0.2) is 4.39 Å². The Morgan fingerprint density at radius 1 is 0.175 bits per heavy atom. The lowest BCUT2D eigenvalue weighted by molar-refractivity contribution is 0.628. The molecule has 0 N–H and O–H groups in total. The number of hydrogen-bond acceptors (Lipinski definition) is 3. The van der Waals surface area contributed by atoms with Crippen LogP contribution in [-0.4, -0.2) is 0 Å². The van der Waals surface area contributed by atoms with E-state index in [4.69, 9.17) is 20.1 Å². The fourth-order valence-corrected chi connectivity index (χ4v) is 18.8. The summed E-state index contributed by atoms with van der Waals surface area (Å²) in [7, 11) is 0. The van der Waals surface area contributed by atoms with Crippen molar-refractivity contribution in [2.75, 3.05) is 0 Å². The van der Waals surface area contributed by atoms with Crippen LogP contribution in [-0.2, 0) is 0 Å². The summed E-state index contributed by atoms with van der Waals surface area (Å²) in [5.41, 5.74) is 21.8. The highest BCUT2D eigenvalue weighted by atomic mass is 19.1. The molecule has 0 aliphatic rings. The van der Waals surface area contributed by atoms with Crippen LogP contribution in [0.5, 0.6) is 0 Å². The van der Waals surface area contributed by atoms with Crippen LogP contribution in [0.4, 0.5) is 4.39 Å². The van der Waals surface area contributed by atoms with E-state index < -0.39 is 6.04 Å². The van der Waals surface area contributed by atoms with Crippen LogP contribution in [0.3, 0.4) is 0 Å². The molecule has 3 heterocycles. The van der Waals surface area contributed by atoms with Crippen LogP contribution in [0.15, 0.2) is 444 Å². The Hall–Kier alpha value is -15.8. The molecule has 0 atom stereocenters. The molecule has 25 aromatic rings. The standard InChI is InChI=1S/C42H26O.C38H23FO.C36H22O/c1-2-12-28(13-3-1)40-32-15-6-8-17-34(32)41(35-18-9-7-16-33(35)40)37-19-10-20-38-42(37)36-24-23-31(26-39(36)43-38)30-22-21-27-11-4-5-14-29(27)25-30;39-28-12-8-11-25(21-28)26-17-19-29-34-22-27(18-20-35(34)40-36(29)23-26)38-32-15-6-4-13-30(32)37(24-9-2-1-3-10-24)31-14-5-7-16-33(31)38;1-2-12-25-23(10-1)11-9-18-27(25)36-30-16-5-3-14-28(30)35(29-15-4-6-17-31(29)36)24-20-21-34-32(22-24)26-13-7-8-19-33(26)37-34/h1-26H;1-23H;1-22H/i;1D,2D,3D,9D,10D;. The molecule has 0 unspecified atom stereocenters. The lowest BCUT2D eigenvalue weighted by Crippen LogP contribution is -1.91. The summed E-state index contributed by atoms with van der Waals surface area (Å²) < 4.78 is 75.2. The van der Waals surface area contributed by atoms with Gasteiger partial charge < -0.3 is 13.3 Å². The Bertz CT molecular complexity index is 8580. The largest absolute Gasteiger partial charge is 0.456 e. The molecule has 0 radical (unpaired) electrons. The van der Waals surface area contributed by atoms with Crippen molar-refractivity contribution < 1.29 is 24.5 Å². The molecule has 25 rings (SSSR count). The predicted molar refractivity (Wildman–Crippen MR) is 505 cm³/mol. The molecule has 0 aliphatic heterocycles. The van der Waals surface area contributed by atoms with Gasteiger partial charge in [0.25, 0.3) is 0 Å². The Labute approximate surface area is 697 Å². The second kappa shape index (κ2) is 28.9. The molecule has 0 spiro atoms. The van der Waals surface area contributed by atoms with E-state index >= 15 is 0 Å². The van der Waals surface area contributed by atoms with Crippen molar-refractivity contribution in [2.45, 2.75) is 0 Å². The van der Waals surface area contributed by atoms with Crippen molar-refractivity contribution in [3.05, 3.63) is 436 Å². The molecular formula is C116H71FO3. The van der Waals surface area contributed by atoms with Crippen molar-refractivity contribution in [2.24, 2.45) is 0 Å². The normalized spacial score (nSPS) is 12.3. The van der Waals surface area contributed by atoms with Crippen LogP contribution >= 0.6 is 0 Å². The summed E-state index contributed by atoms with van der Waals surface area (Å²) in [5, 5.41) is 25.0. The summed E-state index contributed by atoms with van der Waals surface area (Å²) in [6.07, 6.45) is 0. The van der Waals surface area contributed by atoms with Gasteiger partial charge in [0.1, 0.15) is 39.3 Å². The summed E-state index contributed by atoms with van der Waals surface area (Å²) in [4.78, 5) is 0. The zero-order chi connectivity index (χ0) is 83.7. The quantitative estimate of drug-likeness (QED) is 0.142.